The number of nitrogen functional groups attached to an aromatic ring is 1. The van der Waals surface area contributed by atoms with Crippen LogP contribution in [0.2, 0.25) is 0 Å². The third-order valence-corrected chi connectivity index (χ3v) is 3.59. The zero-order valence-electron chi connectivity index (χ0n) is 12.0. The van der Waals surface area contributed by atoms with E-state index in [9.17, 15) is 9.65 Å². The molecule has 0 aliphatic rings. The predicted octanol–water partition coefficient (Wildman–Crippen LogP) is 4.05. The van der Waals surface area contributed by atoms with Gasteiger partial charge in [0.25, 0.3) is 0 Å². The Bertz CT molecular complexity index is 870. The molecule has 2 aromatic carbocycles. The van der Waals surface area contributed by atoms with Gasteiger partial charge in [-0.15, -0.1) is 0 Å². The van der Waals surface area contributed by atoms with E-state index in [2.05, 4.69) is 6.07 Å². The van der Waals surface area contributed by atoms with Gasteiger partial charge in [0.15, 0.2) is 0 Å². The molecule has 1 heterocycles. The molecule has 4 heteroatoms. The largest absolute Gasteiger partial charge is 0.384 e. The molecule has 0 aliphatic carbocycles. The van der Waals surface area contributed by atoms with E-state index in [-0.39, 0.29) is 5.82 Å². The van der Waals surface area contributed by atoms with Crippen molar-refractivity contribution in [2.75, 3.05) is 5.73 Å². The Hall–Kier alpha value is -3.06. The first-order chi connectivity index (χ1) is 10.6. The maximum absolute atomic E-state index is 13.1. The van der Waals surface area contributed by atoms with Crippen LogP contribution in [0.1, 0.15) is 11.1 Å². The van der Waals surface area contributed by atoms with Crippen LogP contribution >= 0.6 is 0 Å². The number of nitrogens with two attached hydrogens (primary N) is 1. The number of halogens is 1. The Morgan fingerprint density at radius 1 is 1.14 bits per heavy atom. The molecule has 3 nitrogen and oxygen atoms in total. The first-order valence-electron chi connectivity index (χ1n) is 6.84. The number of hydrogen-bond acceptors (Lipinski definition) is 2. The lowest BCUT2D eigenvalue weighted by Crippen LogP contribution is -1.99. The Labute approximate surface area is 128 Å². The molecule has 0 aliphatic heterocycles. The van der Waals surface area contributed by atoms with Crippen molar-refractivity contribution in [3.8, 4) is 22.9 Å². The van der Waals surface area contributed by atoms with Crippen LogP contribution in [-0.2, 0) is 0 Å². The summed E-state index contributed by atoms with van der Waals surface area (Å²) in [5.74, 6) is 0.0702. The number of hydrogen-bond donors (Lipinski definition) is 1. The molecule has 0 saturated carbocycles. The molecular weight excluding hydrogens is 277 g/mol. The van der Waals surface area contributed by atoms with E-state index in [1.807, 2.05) is 37.4 Å². The van der Waals surface area contributed by atoms with Gasteiger partial charge < -0.3 is 10.3 Å². The van der Waals surface area contributed by atoms with Crippen molar-refractivity contribution in [2.24, 2.45) is 0 Å². The molecule has 0 amide bonds. The molecule has 0 bridgehead atoms. The molecule has 0 unspecified atom stereocenters. The van der Waals surface area contributed by atoms with Gasteiger partial charge in [-0.1, -0.05) is 24.3 Å². The van der Waals surface area contributed by atoms with Crippen LogP contribution in [0.5, 0.6) is 0 Å². The van der Waals surface area contributed by atoms with E-state index < -0.39 is 0 Å². The molecule has 2 N–H and O–H groups in total. The molecule has 22 heavy (non-hydrogen) atoms. The van der Waals surface area contributed by atoms with Gasteiger partial charge in [-0.2, -0.15) is 5.26 Å². The average molecular weight is 291 g/mol. The van der Waals surface area contributed by atoms with Crippen molar-refractivity contribution in [1.29, 1.82) is 5.26 Å². The standard InChI is InChI=1S/C18H14FN3/c1-12-3-2-4-15(9-12)22-11-17(16(10-20)18(22)21)13-5-7-14(19)8-6-13/h2-9,11H,21H2,1H3. The molecule has 0 atom stereocenters. The number of aryl methyl sites for hydroxylation is 1. The second-order valence-corrected chi connectivity index (χ2v) is 5.13. The fourth-order valence-electron chi connectivity index (χ4n) is 2.48. The Morgan fingerprint density at radius 3 is 2.50 bits per heavy atom. The van der Waals surface area contributed by atoms with Gasteiger partial charge >= 0.3 is 0 Å². The number of benzene rings is 2. The molecular formula is C18H14FN3. The zero-order chi connectivity index (χ0) is 15.7. The third-order valence-electron chi connectivity index (χ3n) is 3.59. The summed E-state index contributed by atoms with van der Waals surface area (Å²) in [7, 11) is 0. The second-order valence-electron chi connectivity index (χ2n) is 5.13. The van der Waals surface area contributed by atoms with Crippen LogP contribution in [-0.4, -0.2) is 4.57 Å². The lowest BCUT2D eigenvalue weighted by atomic mass is 10.1. The number of anilines is 1. The minimum atomic E-state index is -0.312. The maximum Gasteiger partial charge on any atom is 0.126 e. The zero-order valence-corrected chi connectivity index (χ0v) is 12.0. The van der Waals surface area contributed by atoms with Gasteiger partial charge in [0, 0.05) is 17.4 Å². The molecule has 0 fully saturated rings. The minimum Gasteiger partial charge on any atom is -0.384 e. The quantitative estimate of drug-likeness (QED) is 0.774. The SMILES string of the molecule is Cc1cccc(-n2cc(-c3ccc(F)cc3)c(C#N)c2N)c1. The lowest BCUT2D eigenvalue weighted by molar-refractivity contribution is 0.628. The fraction of sp³-hybridized carbons (Fsp3) is 0.0556. The predicted molar refractivity (Wildman–Crippen MR) is 85.0 cm³/mol. The fourth-order valence-corrected chi connectivity index (χ4v) is 2.48. The smallest absolute Gasteiger partial charge is 0.126 e. The number of nitrogens with zero attached hydrogens (tertiary/aromatic N) is 2. The molecule has 0 saturated heterocycles. The highest BCUT2D eigenvalue weighted by Crippen LogP contribution is 2.31. The van der Waals surface area contributed by atoms with E-state index in [4.69, 9.17) is 5.73 Å². The van der Waals surface area contributed by atoms with Gasteiger partial charge in [0.1, 0.15) is 23.3 Å². The third kappa shape index (κ3) is 2.33. The van der Waals surface area contributed by atoms with Crippen LogP contribution in [0, 0.1) is 24.1 Å². The number of aromatic nitrogens is 1. The molecule has 1 aromatic heterocycles. The summed E-state index contributed by atoms with van der Waals surface area (Å²) in [6.45, 7) is 2.00. The normalized spacial score (nSPS) is 10.4. The van der Waals surface area contributed by atoms with Crippen molar-refractivity contribution in [3.63, 3.8) is 0 Å². The van der Waals surface area contributed by atoms with Gasteiger partial charge in [-0.3, -0.25) is 0 Å². The summed E-state index contributed by atoms with van der Waals surface area (Å²) < 4.78 is 14.9. The summed E-state index contributed by atoms with van der Waals surface area (Å²) in [6, 6.07) is 16.0. The van der Waals surface area contributed by atoms with Crippen LogP contribution in [0.3, 0.4) is 0 Å². The molecule has 0 radical (unpaired) electrons. The van der Waals surface area contributed by atoms with Crippen LogP contribution < -0.4 is 5.73 Å². The van der Waals surface area contributed by atoms with Crippen molar-refractivity contribution >= 4 is 5.82 Å². The summed E-state index contributed by atoms with van der Waals surface area (Å²) in [5.41, 5.74) is 9.98. The van der Waals surface area contributed by atoms with E-state index in [1.165, 1.54) is 12.1 Å². The molecule has 3 aromatic rings. The highest BCUT2D eigenvalue weighted by atomic mass is 19.1. The van der Waals surface area contributed by atoms with Gasteiger partial charge in [0.05, 0.1) is 0 Å². The van der Waals surface area contributed by atoms with Gasteiger partial charge in [0.2, 0.25) is 0 Å². The van der Waals surface area contributed by atoms with Gasteiger partial charge in [-0.25, -0.2) is 4.39 Å². The molecule has 3 rings (SSSR count). The lowest BCUT2D eigenvalue weighted by Gasteiger charge is -2.06. The second kappa shape index (κ2) is 5.38. The topological polar surface area (TPSA) is 54.7 Å². The molecule has 108 valence electrons. The summed E-state index contributed by atoms with van der Waals surface area (Å²) in [4.78, 5) is 0. The number of rotatable bonds is 2. The number of nitriles is 1. The Balaban J connectivity index is 2.19. The first kappa shape index (κ1) is 13.9. The minimum absolute atomic E-state index is 0.312. The van der Waals surface area contributed by atoms with Crippen molar-refractivity contribution in [2.45, 2.75) is 6.92 Å². The van der Waals surface area contributed by atoms with Crippen LogP contribution in [0.4, 0.5) is 10.2 Å². The van der Waals surface area contributed by atoms with Crippen molar-refractivity contribution in [3.05, 3.63) is 71.7 Å². The summed E-state index contributed by atoms with van der Waals surface area (Å²) in [6.07, 6.45) is 1.82. The van der Waals surface area contributed by atoms with Crippen molar-refractivity contribution < 1.29 is 4.39 Å². The first-order valence-corrected chi connectivity index (χ1v) is 6.84. The van der Waals surface area contributed by atoms with E-state index in [1.54, 1.807) is 16.7 Å². The van der Waals surface area contributed by atoms with Crippen LogP contribution in [0.25, 0.3) is 16.8 Å². The summed E-state index contributed by atoms with van der Waals surface area (Å²) in [5, 5.41) is 9.41. The van der Waals surface area contributed by atoms with Crippen LogP contribution in [0.15, 0.2) is 54.7 Å². The van der Waals surface area contributed by atoms with E-state index in [0.29, 0.717) is 16.9 Å². The van der Waals surface area contributed by atoms with Gasteiger partial charge in [-0.05, 0) is 42.3 Å². The molecule has 0 spiro atoms. The Kier molecular flexibility index (Phi) is 3.40. The van der Waals surface area contributed by atoms with Crippen molar-refractivity contribution in [1.82, 2.24) is 4.57 Å². The highest BCUT2D eigenvalue weighted by Gasteiger charge is 2.16. The monoisotopic (exact) mass is 291 g/mol. The maximum atomic E-state index is 13.1. The van der Waals surface area contributed by atoms with E-state index in [0.717, 1.165) is 16.8 Å². The Morgan fingerprint density at radius 2 is 1.86 bits per heavy atom. The van der Waals surface area contributed by atoms with E-state index >= 15 is 0 Å². The highest BCUT2D eigenvalue weighted by molar-refractivity contribution is 5.77. The summed E-state index contributed by atoms with van der Waals surface area (Å²) >= 11 is 0. The average Bonchev–Trinajstić information content (AvgIpc) is 2.85.